The molecule has 1 atom stereocenters. The van der Waals surface area contributed by atoms with Crippen molar-refractivity contribution >= 4 is 12.1 Å². The van der Waals surface area contributed by atoms with Crippen molar-refractivity contribution in [1.29, 1.82) is 0 Å². The quantitative estimate of drug-likeness (QED) is 0.442. The number of aldehydes is 1. The number of rotatable bonds is 4. The fraction of sp³-hybridized carbons (Fsp3) is 0.600. The Morgan fingerprint density at radius 1 is 1.40 bits per heavy atom. The summed E-state index contributed by atoms with van der Waals surface area (Å²) in [5.41, 5.74) is 0. The van der Waals surface area contributed by atoms with Gasteiger partial charge in [0.25, 0.3) is 0 Å². The maximum absolute atomic E-state index is 12.0. The second-order valence-electron chi connectivity index (χ2n) is 1.61. The number of halogens is 3. The van der Waals surface area contributed by atoms with Crippen LogP contribution in [0.25, 0.3) is 0 Å². The Kier molecular flexibility index (Phi) is 3.68. The molecule has 0 spiro atoms. The molecule has 0 saturated carbocycles. The van der Waals surface area contributed by atoms with Crippen molar-refractivity contribution < 1.29 is 22.8 Å². The lowest BCUT2D eigenvalue weighted by atomic mass is 10.2. The van der Waals surface area contributed by atoms with Crippen molar-refractivity contribution in [2.24, 2.45) is 0 Å². The molecule has 0 aliphatic rings. The van der Waals surface area contributed by atoms with Crippen LogP contribution < -0.4 is 0 Å². The highest BCUT2D eigenvalue weighted by Gasteiger charge is 2.20. The zero-order valence-electron chi connectivity index (χ0n) is 4.89. The van der Waals surface area contributed by atoms with E-state index < -0.39 is 24.8 Å². The number of alkyl halides is 3. The van der Waals surface area contributed by atoms with Crippen LogP contribution in [0.15, 0.2) is 0 Å². The zero-order chi connectivity index (χ0) is 8.15. The van der Waals surface area contributed by atoms with Crippen LogP contribution in [-0.4, -0.2) is 24.7 Å². The second kappa shape index (κ2) is 4.03. The molecule has 0 aliphatic heterocycles. The van der Waals surface area contributed by atoms with E-state index in [0.717, 1.165) is 0 Å². The molecule has 58 valence electrons. The largest absolute Gasteiger partial charge is 0.294 e. The molecule has 1 unspecified atom stereocenters. The molecule has 0 aliphatic carbocycles. The average molecular weight is 154 g/mol. The van der Waals surface area contributed by atoms with Gasteiger partial charge in [0.15, 0.2) is 12.5 Å². The van der Waals surface area contributed by atoms with Crippen molar-refractivity contribution in [3.8, 4) is 0 Å². The summed E-state index contributed by atoms with van der Waals surface area (Å²) in [5.74, 6) is -1.43. The standard InChI is InChI=1S/C5H5F3O2/c6-3(1-5(7)8)4(10)2-9/h2-3,5H,1H2. The summed E-state index contributed by atoms with van der Waals surface area (Å²) in [6.07, 6.45) is -6.73. The van der Waals surface area contributed by atoms with Gasteiger partial charge in [-0.3, -0.25) is 9.59 Å². The van der Waals surface area contributed by atoms with Gasteiger partial charge in [0.1, 0.15) is 0 Å². The number of hydrogen-bond donors (Lipinski definition) is 0. The Morgan fingerprint density at radius 3 is 2.20 bits per heavy atom. The molecule has 0 saturated heterocycles. The highest BCUT2D eigenvalue weighted by molar-refractivity contribution is 6.27. The Morgan fingerprint density at radius 2 is 1.90 bits per heavy atom. The first-order valence-electron chi connectivity index (χ1n) is 2.49. The molecule has 0 aromatic heterocycles. The number of carbonyl (C=O) groups is 2. The third-order valence-electron chi connectivity index (χ3n) is 0.810. The maximum Gasteiger partial charge on any atom is 0.241 e. The Bertz CT molecular complexity index is 135. The lowest BCUT2D eigenvalue weighted by molar-refractivity contribution is -0.134. The van der Waals surface area contributed by atoms with E-state index in [1.165, 1.54) is 0 Å². The molecule has 10 heavy (non-hydrogen) atoms. The summed E-state index contributed by atoms with van der Waals surface area (Å²) in [6, 6.07) is 0. The van der Waals surface area contributed by atoms with Crippen molar-refractivity contribution in [2.45, 2.75) is 19.0 Å². The minimum atomic E-state index is -2.89. The molecule has 2 nitrogen and oxygen atoms in total. The molecular formula is C5H5F3O2. The number of Topliss-reactive ketones (excluding diaryl/α,β-unsaturated/α-hetero) is 1. The van der Waals surface area contributed by atoms with Crippen LogP contribution in [0.4, 0.5) is 13.2 Å². The minimum Gasteiger partial charge on any atom is -0.294 e. The molecule has 0 fully saturated rings. The summed E-state index contributed by atoms with van der Waals surface area (Å²) >= 11 is 0. The van der Waals surface area contributed by atoms with E-state index in [2.05, 4.69) is 0 Å². The highest BCUT2D eigenvalue weighted by atomic mass is 19.3. The Labute approximate surface area is 55.0 Å². The van der Waals surface area contributed by atoms with Gasteiger partial charge in [-0.05, 0) is 0 Å². The van der Waals surface area contributed by atoms with Crippen LogP contribution in [0.1, 0.15) is 6.42 Å². The van der Waals surface area contributed by atoms with Crippen molar-refractivity contribution in [2.75, 3.05) is 0 Å². The normalized spacial score (nSPS) is 13.2. The molecule has 0 amide bonds. The number of carbonyl (C=O) groups excluding carboxylic acids is 2. The molecule has 5 heteroatoms. The maximum atomic E-state index is 12.0. The van der Waals surface area contributed by atoms with Crippen LogP contribution in [0, 0.1) is 0 Å². The van der Waals surface area contributed by atoms with E-state index in [0.29, 0.717) is 0 Å². The van der Waals surface area contributed by atoms with Gasteiger partial charge in [0, 0.05) is 6.42 Å². The van der Waals surface area contributed by atoms with E-state index in [-0.39, 0.29) is 6.29 Å². The third kappa shape index (κ3) is 3.21. The van der Waals surface area contributed by atoms with Gasteiger partial charge in [0.2, 0.25) is 12.2 Å². The predicted octanol–water partition coefficient (Wildman–Crippen LogP) is 0.748. The molecule has 0 aromatic carbocycles. The van der Waals surface area contributed by atoms with Gasteiger partial charge < -0.3 is 0 Å². The molecule has 0 aromatic rings. The van der Waals surface area contributed by atoms with Crippen LogP contribution in [0.2, 0.25) is 0 Å². The molecule has 0 radical (unpaired) electrons. The summed E-state index contributed by atoms with van der Waals surface area (Å²) in [7, 11) is 0. The average Bonchev–Trinajstić information content (AvgIpc) is 1.85. The SMILES string of the molecule is O=CC(=O)C(F)CC(F)F. The molecule has 0 bridgehead atoms. The number of ketones is 1. The van der Waals surface area contributed by atoms with Crippen LogP contribution in [-0.2, 0) is 9.59 Å². The van der Waals surface area contributed by atoms with Gasteiger partial charge in [-0.15, -0.1) is 0 Å². The van der Waals surface area contributed by atoms with Gasteiger partial charge in [-0.1, -0.05) is 0 Å². The highest BCUT2D eigenvalue weighted by Crippen LogP contribution is 2.06. The van der Waals surface area contributed by atoms with Crippen LogP contribution in [0.5, 0.6) is 0 Å². The first kappa shape index (κ1) is 9.13. The van der Waals surface area contributed by atoms with Gasteiger partial charge >= 0.3 is 0 Å². The third-order valence-corrected chi connectivity index (χ3v) is 0.810. The summed E-state index contributed by atoms with van der Waals surface area (Å²) in [6.45, 7) is 0. The van der Waals surface area contributed by atoms with E-state index in [1.807, 2.05) is 0 Å². The first-order valence-corrected chi connectivity index (χ1v) is 2.49. The van der Waals surface area contributed by atoms with E-state index in [1.54, 1.807) is 0 Å². The fourth-order valence-electron chi connectivity index (χ4n) is 0.346. The van der Waals surface area contributed by atoms with Crippen molar-refractivity contribution in [3.63, 3.8) is 0 Å². The van der Waals surface area contributed by atoms with Gasteiger partial charge in [0.05, 0.1) is 0 Å². The van der Waals surface area contributed by atoms with Crippen molar-refractivity contribution in [1.82, 2.24) is 0 Å². The lowest BCUT2D eigenvalue weighted by Crippen LogP contribution is -2.19. The second-order valence-corrected chi connectivity index (χ2v) is 1.61. The monoisotopic (exact) mass is 154 g/mol. The minimum absolute atomic E-state index is 0.299. The van der Waals surface area contributed by atoms with Crippen LogP contribution >= 0.6 is 0 Å². The number of hydrogen-bond acceptors (Lipinski definition) is 2. The van der Waals surface area contributed by atoms with E-state index in [4.69, 9.17) is 0 Å². The Hall–Kier alpha value is -0.870. The van der Waals surface area contributed by atoms with Crippen molar-refractivity contribution in [3.05, 3.63) is 0 Å². The summed E-state index contributed by atoms with van der Waals surface area (Å²) < 4.78 is 34.5. The Balaban J connectivity index is 3.72. The fourth-order valence-corrected chi connectivity index (χ4v) is 0.346. The smallest absolute Gasteiger partial charge is 0.241 e. The van der Waals surface area contributed by atoms with Gasteiger partial charge in [-0.2, -0.15) is 0 Å². The lowest BCUT2D eigenvalue weighted by Gasteiger charge is -1.99. The summed E-state index contributed by atoms with van der Waals surface area (Å²) in [5, 5.41) is 0. The van der Waals surface area contributed by atoms with E-state index in [9.17, 15) is 22.8 Å². The zero-order valence-corrected chi connectivity index (χ0v) is 4.89. The summed E-state index contributed by atoms with van der Waals surface area (Å²) in [4.78, 5) is 19.5. The topological polar surface area (TPSA) is 34.1 Å². The molecule has 0 N–H and O–H groups in total. The first-order chi connectivity index (χ1) is 4.57. The molecule has 0 rings (SSSR count). The van der Waals surface area contributed by atoms with E-state index >= 15 is 0 Å². The molecule has 0 heterocycles. The van der Waals surface area contributed by atoms with Crippen LogP contribution in [0.3, 0.4) is 0 Å². The molecular weight excluding hydrogens is 149 g/mol. The predicted molar refractivity (Wildman–Crippen MR) is 26.6 cm³/mol. The van der Waals surface area contributed by atoms with Gasteiger partial charge in [-0.25, -0.2) is 13.2 Å².